The van der Waals surface area contributed by atoms with Gasteiger partial charge in [0, 0.05) is 0 Å². The average Bonchev–Trinajstić information content (AvgIpc) is 2.39. The van der Waals surface area contributed by atoms with Crippen LogP contribution in [0.5, 0.6) is 11.5 Å². The molecule has 0 amide bonds. The number of methoxy groups -OCH3 is 2. The highest BCUT2D eigenvalue weighted by atomic mass is 79.9. The Morgan fingerprint density at radius 2 is 1.71 bits per heavy atom. The molecule has 0 heterocycles. The summed E-state index contributed by atoms with van der Waals surface area (Å²) in [7, 11) is 3.33. The molecular weight excluding hydrogens is 280 g/mol. The van der Waals surface area contributed by atoms with E-state index in [1.54, 1.807) is 14.2 Å². The van der Waals surface area contributed by atoms with Gasteiger partial charge in [0.2, 0.25) is 0 Å². The monoisotopic (exact) mass is 292 g/mol. The molecule has 17 heavy (non-hydrogen) atoms. The maximum Gasteiger partial charge on any atom is 0.133 e. The summed E-state index contributed by atoms with van der Waals surface area (Å²) in [5, 5.41) is 0. The summed E-state index contributed by atoms with van der Waals surface area (Å²) in [4.78, 5) is 0. The van der Waals surface area contributed by atoms with Crippen molar-refractivity contribution in [1.29, 1.82) is 0 Å². The second-order valence-corrected chi connectivity index (χ2v) is 4.35. The summed E-state index contributed by atoms with van der Waals surface area (Å²) in [6.45, 7) is 0. The van der Waals surface area contributed by atoms with Crippen LogP contribution in [0.15, 0.2) is 46.9 Å². The molecule has 0 aromatic heterocycles. The summed E-state index contributed by atoms with van der Waals surface area (Å²) < 4.78 is 11.5. The number of halogens is 1. The molecule has 0 fully saturated rings. The van der Waals surface area contributed by atoms with Crippen LogP contribution >= 0.6 is 15.9 Å². The van der Waals surface area contributed by atoms with Gasteiger partial charge in [-0.2, -0.15) is 0 Å². The molecule has 2 aromatic rings. The Balaban J connectivity index is 2.52. The predicted octanol–water partition coefficient (Wildman–Crippen LogP) is 4.13. The molecule has 0 bridgehead atoms. The van der Waals surface area contributed by atoms with Crippen LogP contribution in [-0.4, -0.2) is 14.2 Å². The van der Waals surface area contributed by atoms with Gasteiger partial charge in [-0.3, -0.25) is 0 Å². The van der Waals surface area contributed by atoms with Gasteiger partial charge in [-0.15, -0.1) is 0 Å². The van der Waals surface area contributed by atoms with Gasteiger partial charge in [0.25, 0.3) is 0 Å². The van der Waals surface area contributed by atoms with Gasteiger partial charge >= 0.3 is 0 Å². The first-order valence-corrected chi connectivity index (χ1v) is 6.02. The first-order valence-electron chi connectivity index (χ1n) is 5.23. The highest BCUT2D eigenvalue weighted by Gasteiger charge is 2.08. The number of ether oxygens (including phenoxy) is 2. The molecular formula is C14H13BrO2. The Bertz CT molecular complexity index is 523. The van der Waals surface area contributed by atoms with Gasteiger partial charge < -0.3 is 9.47 Å². The van der Waals surface area contributed by atoms with Crippen molar-refractivity contribution in [3.63, 3.8) is 0 Å². The minimum absolute atomic E-state index is 0.824. The van der Waals surface area contributed by atoms with Crippen LogP contribution in [0.4, 0.5) is 0 Å². The quantitative estimate of drug-likeness (QED) is 0.847. The lowest BCUT2D eigenvalue weighted by Crippen LogP contribution is -1.88. The van der Waals surface area contributed by atoms with Gasteiger partial charge in [-0.1, -0.05) is 24.3 Å². The Kier molecular flexibility index (Phi) is 3.69. The van der Waals surface area contributed by atoms with Crippen LogP contribution in [0, 0.1) is 0 Å². The summed E-state index contributed by atoms with van der Waals surface area (Å²) in [5.74, 6) is 1.67. The van der Waals surface area contributed by atoms with E-state index in [1.807, 2.05) is 42.5 Å². The van der Waals surface area contributed by atoms with E-state index in [-0.39, 0.29) is 0 Å². The molecule has 0 aliphatic rings. The highest BCUT2D eigenvalue weighted by molar-refractivity contribution is 9.10. The molecule has 2 aromatic carbocycles. The van der Waals surface area contributed by atoms with Gasteiger partial charge in [0.1, 0.15) is 11.5 Å². The molecule has 2 rings (SSSR count). The molecule has 0 spiro atoms. The average molecular weight is 293 g/mol. The zero-order chi connectivity index (χ0) is 12.3. The Hall–Kier alpha value is -1.48. The maximum absolute atomic E-state index is 5.29. The summed E-state index contributed by atoms with van der Waals surface area (Å²) in [6.07, 6.45) is 0. The second kappa shape index (κ2) is 5.23. The Morgan fingerprint density at radius 1 is 0.941 bits per heavy atom. The normalized spacial score (nSPS) is 10.1. The van der Waals surface area contributed by atoms with E-state index in [0.29, 0.717) is 0 Å². The number of hydrogen-bond donors (Lipinski definition) is 0. The number of rotatable bonds is 3. The fraction of sp³-hybridized carbons (Fsp3) is 0.143. The third-order valence-electron chi connectivity index (χ3n) is 2.56. The largest absolute Gasteiger partial charge is 0.497 e. The van der Waals surface area contributed by atoms with Crippen molar-refractivity contribution >= 4 is 15.9 Å². The molecule has 0 unspecified atom stereocenters. The first kappa shape index (κ1) is 12.0. The van der Waals surface area contributed by atoms with Crippen molar-refractivity contribution in [3.05, 3.63) is 46.9 Å². The van der Waals surface area contributed by atoms with E-state index >= 15 is 0 Å². The second-order valence-electron chi connectivity index (χ2n) is 3.55. The molecule has 0 aliphatic carbocycles. The summed E-state index contributed by atoms with van der Waals surface area (Å²) in [5.41, 5.74) is 2.18. The van der Waals surface area contributed by atoms with Crippen LogP contribution in [-0.2, 0) is 0 Å². The topological polar surface area (TPSA) is 18.5 Å². The van der Waals surface area contributed by atoms with Crippen LogP contribution in [0.2, 0.25) is 0 Å². The SMILES string of the molecule is COc1cccc(-c2cccc(OC)c2Br)c1. The lowest BCUT2D eigenvalue weighted by atomic mass is 10.1. The minimum atomic E-state index is 0.824. The maximum atomic E-state index is 5.29. The van der Waals surface area contributed by atoms with E-state index in [4.69, 9.17) is 9.47 Å². The van der Waals surface area contributed by atoms with Crippen molar-refractivity contribution in [1.82, 2.24) is 0 Å². The van der Waals surface area contributed by atoms with E-state index in [9.17, 15) is 0 Å². The molecule has 88 valence electrons. The molecule has 0 saturated heterocycles. The standard InChI is InChI=1S/C14H13BrO2/c1-16-11-6-3-5-10(9-11)12-7-4-8-13(17-2)14(12)15/h3-9H,1-2H3. The van der Waals surface area contributed by atoms with Gasteiger partial charge in [-0.05, 0) is 45.3 Å². The van der Waals surface area contributed by atoms with Crippen molar-refractivity contribution in [3.8, 4) is 22.6 Å². The molecule has 2 nitrogen and oxygen atoms in total. The molecule has 0 aliphatic heterocycles. The van der Waals surface area contributed by atoms with Crippen molar-refractivity contribution < 1.29 is 9.47 Å². The zero-order valence-electron chi connectivity index (χ0n) is 9.74. The van der Waals surface area contributed by atoms with Crippen LogP contribution in [0.1, 0.15) is 0 Å². The molecule has 0 radical (unpaired) electrons. The van der Waals surface area contributed by atoms with Crippen molar-refractivity contribution in [2.75, 3.05) is 14.2 Å². The van der Waals surface area contributed by atoms with Crippen LogP contribution in [0.3, 0.4) is 0 Å². The molecule has 0 atom stereocenters. The predicted molar refractivity (Wildman–Crippen MR) is 72.7 cm³/mol. The molecule has 0 saturated carbocycles. The van der Waals surface area contributed by atoms with Crippen molar-refractivity contribution in [2.45, 2.75) is 0 Å². The lowest BCUT2D eigenvalue weighted by Gasteiger charge is -2.10. The van der Waals surface area contributed by atoms with E-state index in [0.717, 1.165) is 27.1 Å². The van der Waals surface area contributed by atoms with E-state index < -0.39 is 0 Å². The zero-order valence-corrected chi connectivity index (χ0v) is 11.3. The van der Waals surface area contributed by atoms with E-state index in [1.165, 1.54) is 0 Å². The fourth-order valence-corrected chi connectivity index (χ4v) is 2.34. The highest BCUT2D eigenvalue weighted by Crippen LogP contribution is 2.36. The van der Waals surface area contributed by atoms with Gasteiger partial charge in [0.15, 0.2) is 0 Å². The Labute approximate surface area is 109 Å². The fourth-order valence-electron chi connectivity index (χ4n) is 1.68. The first-order chi connectivity index (χ1) is 8.26. The van der Waals surface area contributed by atoms with Crippen LogP contribution < -0.4 is 9.47 Å². The van der Waals surface area contributed by atoms with Gasteiger partial charge in [-0.25, -0.2) is 0 Å². The minimum Gasteiger partial charge on any atom is -0.497 e. The molecule has 3 heteroatoms. The lowest BCUT2D eigenvalue weighted by molar-refractivity contribution is 0.412. The van der Waals surface area contributed by atoms with Gasteiger partial charge in [0.05, 0.1) is 18.7 Å². The van der Waals surface area contributed by atoms with Crippen molar-refractivity contribution in [2.24, 2.45) is 0 Å². The summed E-state index contributed by atoms with van der Waals surface area (Å²) in [6, 6.07) is 13.9. The molecule has 0 N–H and O–H groups in total. The third kappa shape index (κ3) is 2.44. The van der Waals surface area contributed by atoms with Crippen LogP contribution in [0.25, 0.3) is 11.1 Å². The van der Waals surface area contributed by atoms with E-state index in [2.05, 4.69) is 15.9 Å². The third-order valence-corrected chi connectivity index (χ3v) is 3.38. The Morgan fingerprint density at radius 3 is 2.41 bits per heavy atom. The number of benzene rings is 2. The smallest absolute Gasteiger partial charge is 0.133 e. The summed E-state index contributed by atoms with van der Waals surface area (Å²) >= 11 is 3.56. The number of hydrogen-bond acceptors (Lipinski definition) is 2.